The highest BCUT2D eigenvalue weighted by Crippen LogP contribution is 2.25. The Labute approximate surface area is 138 Å². The lowest BCUT2D eigenvalue weighted by Crippen LogP contribution is -2.45. The summed E-state index contributed by atoms with van der Waals surface area (Å²) in [5, 5.41) is 13.4. The van der Waals surface area contributed by atoms with Crippen LogP contribution in [-0.4, -0.2) is 28.9 Å². The Balaban J connectivity index is 1.89. The number of carbonyl (C=O) groups excluding carboxylic acids is 2. The molecule has 1 heterocycles. The van der Waals surface area contributed by atoms with Gasteiger partial charge >= 0.3 is 11.0 Å². The molecular formula is C15H20N2O5S. The van der Waals surface area contributed by atoms with Crippen LogP contribution in [0.4, 0.5) is 5.00 Å². The summed E-state index contributed by atoms with van der Waals surface area (Å²) >= 11 is 0.734. The topological polar surface area (TPSA) is 98.5 Å². The third-order valence-corrected chi connectivity index (χ3v) is 5.08. The van der Waals surface area contributed by atoms with Crippen LogP contribution < -0.4 is 5.32 Å². The largest absolute Gasteiger partial charge is 0.448 e. The molecule has 126 valence electrons. The molecule has 1 aliphatic rings. The Hall–Kier alpha value is -1.96. The van der Waals surface area contributed by atoms with E-state index < -0.39 is 17.0 Å². The van der Waals surface area contributed by atoms with Gasteiger partial charge in [0.05, 0.1) is 4.92 Å². The Bertz CT molecular complexity index is 600. The molecule has 0 bridgehead atoms. The minimum atomic E-state index is -0.933. The van der Waals surface area contributed by atoms with Gasteiger partial charge in [0.2, 0.25) is 0 Å². The van der Waals surface area contributed by atoms with Gasteiger partial charge in [-0.25, -0.2) is 4.79 Å². The van der Waals surface area contributed by atoms with E-state index in [0.717, 1.165) is 30.6 Å². The molecule has 3 unspecified atom stereocenters. The van der Waals surface area contributed by atoms with Gasteiger partial charge in [-0.3, -0.25) is 14.9 Å². The van der Waals surface area contributed by atoms with Crippen LogP contribution in [0.1, 0.15) is 49.2 Å². The monoisotopic (exact) mass is 340 g/mol. The number of carbonyl (C=O) groups is 2. The lowest BCUT2D eigenvalue weighted by molar-refractivity contribution is -0.380. The molecule has 2 rings (SSSR count). The molecule has 1 aromatic rings. The van der Waals surface area contributed by atoms with Crippen molar-refractivity contribution in [1.29, 1.82) is 0 Å². The summed E-state index contributed by atoms with van der Waals surface area (Å²) in [5.74, 6) is -0.638. The molecule has 1 fully saturated rings. The zero-order chi connectivity index (χ0) is 17.0. The highest BCUT2D eigenvalue weighted by atomic mass is 32.1. The second-order valence-electron chi connectivity index (χ2n) is 5.82. The molecule has 23 heavy (non-hydrogen) atoms. The number of nitrogens with one attached hydrogen (secondary N) is 1. The van der Waals surface area contributed by atoms with Gasteiger partial charge in [-0.05, 0) is 31.7 Å². The number of amides is 1. The highest BCUT2D eigenvalue weighted by molar-refractivity contribution is 7.17. The first-order chi connectivity index (χ1) is 10.9. The normalized spacial score (nSPS) is 22.2. The van der Waals surface area contributed by atoms with E-state index in [9.17, 15) is 19.7 Å². The maximum absolute atomic E-state index is 12.1. The summed E-state index contributed by atoms with van der Waals surface area (Å²) in [6.45, 7) is 3.61. The van der Waals surface area contributed by atoms with E-state index in [1.54, 1.807) is 0 Å². The van der Waals surface area contributed by atoms with Gasteiger partial charge in [0.25, 0.3) is 5.91 Å². The van der Waals surface area contributed by atoms with Crippen LogP contribution in [0.3, 0.4) is 0 Å². The summed E-state index contributed by atoms with van der Waals surface area (Å²) < 4.78 is 5.10. The second kappa shape index (κ2) is 7.54. The highest BCUT2D eigenvalue weighted by Gasteiger charge is 2.27. The van der Waals surface area contributed by atoms with Crippen molar-refractivity contribution in [3.63, 3.8) is 0 Å². The lowest BCUT2D eigenvalue weighted by atomic mass is 9.86. The third kappa shape index (κ3) is 4.51. The minimum Gasteiger partial charge on any atom is -0.448 e. The predicted molar refractivity (Wildman–Crippen MR) is 85.4 cm³/mol. The molecule has 0 radical (unpaired) electrons. The molecule has 1 amide bonds. The summed E-state index contributed by atoms with van der Waals surface area (Å²) in [5.41, 5.74) is 0. The molecule has 0 aliphatic heterocycles. The predicted octanol–water partition coefficient (Wildman–Crippen LogP) is 2.90. The number of thiophene rings is 1. The minimum absolute atomic E-state index is 0.111. The number of nitrogens with zero attached hydrogens (tertiary/aromatic N) is 1. The molecule has 7 nitrogen and oxygen atoms in total. The van der Waals surface area contributed by atoms with Crippen molar-refractivity contribution in [2.45, 2.75) is 51.7 Å². The summed E-state index contributed by atoms with van der Waals surface area (Å²) in [6.07, 6.45) is 3.35. The van der Waals surface area contributed by atoms with Crippen LogP contribution in [0.5, 0.6) is 0 Å². The standard InChI is InChI=1S/C15H20N2O5S/c1-9-5-3-4-6-11(9)16-14(18)10(2)22-15(19)12-7-8-13(23-12)17(20)21/h7-11H,3-6H2,1-2H3,(H,16,18). The summed E-state index contributed by atoms with van der Waals surface area (Å²) in [4.78, 5) is 34.2. The van der Waals surface area contributed by atoms with Gasteiger partial charge in [0.15, 0.2) is 6.10 Å². The zero-order valence-electron chi connectivity index (χ0n) is 13.1. The Morgan fingerprint density at radius 1 is 1.39 bits per heavy atom. The molecule has 3 atom stereocenters. The van der Waals surface area contributed by atoms with E-state index >= 15 is 0 Å². The molecule has 1 aliphatic carbocycles. The number of ether oxygens (including phenoxy) is 1. The van der Waals surface area contributed by atoms with Crippen LogP contribution in [0, 0.1) is 16.0 Å². The number of hydrogen-bond acceptors (Lipinski definition) is 6. The number of nitro groups is 1. The van der Waals surface area contributed by atoms with Crippen molar-refractivity contribution in [3.05, 3.63) is 27.1 Å². The van der Waals surface area contributed by atoms with E-state index in [2.05, 4.69) is 12.2 Å². The van der Waals surface area contributed by atoms with Crippen LogP contribution in [0.15, 0.2) is 12.1 Å². The average molecular weight is 340 g/mol. The molecule has 1 N–H and O–H groups in total. The van der Waals surface area contributed by atoms with Gasteiger partial charge in [-0.15, -0.1) is 0 Å². The van der Waals surface area contributed by atoms with Gasteiger partial charge < -0.3 is 10.1 Å². The Morgan fingerprint density at radius 3 is 2.70 bits per heavy atom. The quantitative estimate of drug-likeness (QED) is 0.505. The summed E-state index contributed by atoms with van der Waals surface area (Å²) in [7, 11) is 0. The van der Waals surface area contributed by atoms with E-state index in [1.165, 1.54) is 25.5 Å². The van der Waals surface area contributed by atoms with Crippen molar-refractivity contribution in [3.8, 4) is 0 Å². The number of hydrogen-bond donors (Lipinski definition) is 1. The molecule has 0 aromatic carbocycles. The van der Waals surface area contributed by atoms with E-state index in [-0.39, 0.29) is 21.8 Å². The first-order valence-corrected chi connectivity index (χ1v) is 8.45. The van der Waals surface area contributed by atoms with Crippen molar-refractivity contribution in [2.24, 2.45) is 5.92 Å². The van der Waals surface area contributed by atoms with Gasteiger partial charge in [-0.2, -0.15) is 0 Å². The van der Waals surface area contributed by atoms with E-state index in [4.69, 9.17) is 4.74 Å². The fourth-order valence-corrected chi connectivity index (χ4v) is 3.34. The van der Waals surface area contributed by atoms with Gasteiger partial charge in [-0.1, -0.05) is 31.1 Å². The van der Waals surface area contributed by atoms with Crippen LogP contribution in [0.2, 0.25) is 0 Å². The molecule has 0 saturated heterocycles. The maximum Gasteiger partial charge on any atom is 0.349 e. The number of esters is 1. The van der Waals surface area contributed by atoms with Crippen molar-refractivity contribution in [1.82, 2.24) is 5.32 Å². The fraction of sp³-hybridized carbons (Fsp3) is 0.600. The van der Waals surface area contributed by atoms with Crippen LogP contribution in [-0.2, 0) is 9.53 Å². The summed E-state index contributed by atoms with van der Waals surface area (Å²) in [6, 6.07) is 2.69. The van der Waals surface area contributed by atoms with E-state index in [1.807, 2.05) is 0 Å². The smallest absolute Gasteiger partial charge is 0.349 e. The van der Waals surface area contributed by atoms with Crippen molar-refractivity contribution < 1.29 is 19.2 Å². The van der Waals surface area contributed by atoms with E-state index in [0.29, 0.717) is 5.92 Å². The van der Waals surface area contributed by atoms with Crippen molar-refractivity contribution >= 4 is 28.2 Å². The van der Waals surface area contributed by atoms with Crippen LogP contribution in [0.25, 0.3) is 0 Å². The molecule has 1 aromatic heterocycles. The SMILES string of the molecule is CC(OC(=O)c1ccc([N+](=O)[O-])s1)C(=O)NC1CCCCC1C. The average Bonchev–Trinajstić information content (AvgIpc) is 2.99. The first kappa shape index (κ1) is 17.4. The first-order valence-electron chi connectivity index (χ1n) is 7.64. The third-order valence-electron chi connectivity index (χ3n) is 4.07. The maximum atomic E-state index is 12.1. The Morgan fingerprint density at radius 2 is 2.09 bits per heavy atom. The molecule has 8 heteroatoms. The fourth-order valence-electron chi connectivity index (χ4n) is 2.64. The number of rotatable bonds is 5. The second-order valence-corrected chi connectivity index (χ2v) is 6.88. The van der Waals surface area contributed by atoms with Crippen LogP contribution >= 0.6 is 11.3 Å². The molecule has 0 spiro atoms. The Kier molecular flexibility index (Phi) is 5.70. The van der Waals surface area contributed by atoms with Gasteiger partial charge in [0.1, 0.15) is 4.88 Å². The molecule has 1 saturated carbocycles. The lowest BCUT2D eigenvalue weighted by Gasteiger charge is -2.30. The van der Waals surface area contributed by atoms with Crippen molar-refractivity contribution in [2.75, 3.05) is 0 Å². The zero-order valence-corrected chi connectivity index (χ0v) is 13.9. The molecular weight excluding hydrogens is 320 g/mol. The van der Waals surface area contributed by atoms with Gasteiger partial charge in [0, 0.05) is 12.1 Å².